The van der Waals surface area contributed by atoms with Crippen molar-refractivity contribution in [2.75, 3.05) is 19.1 Å². The summed E-state index contributed by atoms with van der Waals surface area (Å²) in [4.78, 5) is 26.5. The van der Waals surface area contributed by atoms with Crippen LogP contribution in [0, 0.1) is 40.4 Å². The highest BCUT2D eigenvalue weighted by Gasteiger charge is 2.63. The number of hydrogen-bond donors (Lipinski definition) is 1. The Kier molecular flexibility index (Phi) is 6.18. The third-order valence-electron chi connectivity index (χ3n) is 9.38. The molecule has 1 N–H and O–H groups in total. The molecule has 0 aromatic heterocycles. The molecule has 0 spiro atoms. The monoisotopic (exact) mass is 424 g/mol. The summed E-state index contributed by atoms with van der Waals surface area (Å²) in [6.07, 6.45) is 7.92. The van der Waals surface area contributed by atoms with E-state index in [1.165, 1.54) is 0 Å². The minimum atomic E-state index is -0.206. The molecule has 4 aliphatic carbocycles. The van der Waals surface area contributed by atoms with Crippen molar-refractivity contribution in [3.8, 4) is 0 Å². The Morgan fingerprint density at radius 3 is 2.72 bits per heavy atom. The van der Waals surface area contributed by atoms with Crippen molar-refractivity contribution >= 4 is 23.2 Å². The van der Waals surface area contributed by atoms with Gasteiger partial charge in [-0.3, -0.25) is 9.59 Å². The van der Waals surface area contributed by atoms with E-state index in [1.54, 1.807) is 0 Å². The topological polar surface area (TPSA) is 63.6 Å². The standard InChI is InChI=1S/C24H37ClO4/c1-23-9-8-16(26)12-15(23)4-5-17-18-6-7-19(21(28)14-29-11-3-10-25)24(18,2)13-20(27)22(17)23/h15-19,22,26H,3-14H2,1-2H3/t15-,16+,17-,18-,19+,22+,23-,24-/m0/s1. The van der Waals surface area contributed by atoms with Crippen molar-refractivity contribution < 1.29 is 19.4 Å². The van der Waals surface area contributed by atoms with Gasteiger partial charge >= 0.3 is 0 Å². The maximum absolute atomic E-state index is 13.6. The summed E-state index contributed by atoms with van der Waals surface area (Å²) in [6.45, 7) is 5.21. The number of Topliss-reactive ketones (excluding diaryl/α,β-unsaturated/α-hetero) is 2. The summed E-state index contributed by atoms with van der Waals surface area (Å²) in [7, 11) is 0. The van der Waals surface area contributed by atoms with Crippen LogP contribution in [0.4, 0.5) is 0 Å². The fourth-order valence-electron chi connectivity index (χ4n) is 8.01. The Bertz CT molecular complexity index is 651. The van der Waals surface area contributed by atoms with Gasteiger partial charge in [0.2, 0.25) is 0 Å². The molecular formula is C24H37ClO4. The van der Waals surface area contributed by atoms with Crippen LogP contribution < -0.4 is 0 Å². The molecule has 0 aromatic rings. The first-order valence-corrected chi connectivity index (χ1v) is 12.2. The number of aliphatic hydroxyl groups excluding tert-OH is 1. The molecule has 0 unspecified atom stereocenters. The summed E-state index contributed by atoms with van der Waals surface area (Å²) in [6, 6.07) is 0. The predicted octanol–water partition coefficient (Wildman–Crippen LogP) is 4.40. The van der Waals surface area contributed by atoms with Gasteiger partial charge < -0.3 is 9.84 Å². The molecule has 164 valence electrons. The number of hydrogen-bond acceptors (Lipinski definition) is 4. The van der Waals surface area contributed by atoms with Crippen LogP contribution in [0.15, 0.2) is 0 Å². The Balaban J connectivity index is 1.51. The van der Waals surface area contributed by atoms with E-state index in [9.17, 15) is 14.7 Å². The van der Waals surface area contributed by atoms with Crippen molar-refractivity contribution in [2.45, 2.75) is 77.7 Å². The number of alkyl halides is 1. The number of carbonyl (C=O) groups is 2. The van der Waals surface area contributed by atoms with E-state index in [0.717, 1.165) is 51.4 Å². The van der Waals surface area contributed by atoms with Gasteiger partial charge in [-0.25, -0.2) is 0 Å². The second-order valence-electron chi connectivity index (χ2n) is 10.8. The van der Waals surface area contributed by atoms with Crippen LogP contribution in [0.25, 0.3) is 0 Å². The highest BCUT2D eigenvalue weighted by Crippen LogP contribution is 2.66. The van der Waals surface area contributed by atoms with Gasteiger partial charge in [-0.1, -0.05) is 13.8 Å². The molecule has 0 aliphatic heterocycles. The number of fused-ring (bicyclic) bond motifs is 5. The van der Waals surface area contributed by atoms with E-state index in [1.807, 2.05) is 0 Å². The number of rotatable bonds is 6. The van der Waals surface area contributed by atoms with Crippen LogP contribution in [-0.2, 0) is 14.3 Å². The summed E-state index contributed by atoms with van der Waals surface area (Å²) >= 11 is 5.69. The number of ketones is 2. The molecule has 0 saturated heterocycles. The molecule has 4 fully saturated rings. The van der Waals surface area contributed by atoms with Gasteiger partial charge in [-0.05, 0) is 80.0 Å². The molecule has 8 atom stereocenters. The Morgan fingerprint density at radius 2 is 1.97 bits per heavy atom. The van der Waals surface area contributed by atoms with Gasteiger partial charge in [0, 0.05) is 30.7 Å². The quantitative estimate of drug-likeness (QED) is 0.507. The average Bonchev–Trinajstić information content (AvgIpc) is 3.02. The first kappa shape index (κ1) is 21.8. The molecule has 4 aliphatic rings. The Hall–Kier alpha value is -0.450. The van der Waals surface area contributed by atoms with Crippen molar-refractivity contribution in [1.29, 1.82) is 0 Å². The van der Waals surface area contributed by atoms with Crippen LogP contribution in [0.5, 0.6) is 0 Å². The first-order chi connectivity index (χ1) is 13.8. The van der Waals surface area contributed by atoms with Gasteiger partial charge in [-0.15, -0.1) is 11.6 Å². The van der Waals surface area contributed by atoms with E-state index < -0.39 is 0 Å². The lowest BCUT2D eigenvalue weighted by atomic mass is 9.44. The summed E-state index contributed by atoms with van der Waals surface area (Å²) < 4.78 is 5.56. The van der Waals surface area contributed by atoms with E-state index in [2.05, 4.69) is 13.8 Å². The van der Waals surface area contributed by atoms with Crippen molar-refractivity contribution in [1.82, 2.24) is 0 Å². The number of aliphatic hydroxyl groups is 1. The van der Waals surface area contributed by atoms with Gasteiger partial charge in [-0.2, -0.15) is 0 Å². The lowest BCUT2D eigenvalue weighted by Gasteiger charge is -2.59. The largest absolute Gasteiger partial charge is 0.393 e. The van der Waals surface area contributed by atoms with Gasteiger partial charge in [0.1, 0.15) is 12.4 Å². The molecule has 29 heavy (non-hydrogen) atoms. The SMILES string of the molecule is C[C@]12CC[C@@H](O)C[C@@H]1CC[C@H]1[C@@H]3CC[C@H](C(=O)COCCCCl)[C@@]3(C)CC(=O)[C@@H]12. The fourth-order valence-corrected chi connectivity index (χ4v) is 8.12. The normalized spacial score (nSPS) is 46.7. The molecule has 4 rings (SSSR count). The zero-order chi connectivity index (χ0) is 20.8. The Labute approximate surface area is 180 Å². The zero-order valence-electron chi connectivity index (χ0n) is 18.0. The molecule has 4 saturated carbocycles. The lowest BCUT2D eigenvalue weighted by molar-refractivity contribution is -0.163. The van der Waals surface area contributed by atoms with E-state index in [0.29, 0.717) is 42.4 Å². The molecule has 0 radical (unpaired) electrons. The van der Waals surface area contributed by atoms with Crippen LogP contribution in [0.2, 0.25) is 0 Å². The smallest absolute Gasteiger partial charge is 0.162 e. The third kappa shape index (κ3) is 3.61. The fraction of sp³-hybridized carbons (Fsp3) is 0.917. The average molecular weight is 425 g/mol. The highest BCUT2D eigenvalue weighted by molar-refractivity contribution is 6.17. The molecule has 0 amide bonds. The third-order valence-corrected chi connectivity index (χ3v) is 9.64. The van der Waals surface area contributed by atoms with E-state index in [4.69, 9.17) is 16.3 Å². The highest BCUT2D eigenvalue weighted by atomic mass is 35.5. The van der Waals surface area contributed by atoms with Crippen LogP contribution in [0.3, 0.4) is 0 Å². The van der Waals surface area contributed by atoms with Gasteiger partial charge in [0.05, 0.1) is 6.10 Å². The van der Waals surface area contributed by atoms with Crippen molar-refractivity contribution in [3.05, 3.63) is 0 Å². The number of carbonyl (C=O) groups excluding carboxylic acids is 2. The van der Waals surface area contributed by atoms with Crippen molar-refractivity contribution in [2.24, 2.45) is 40.4 Å². The molecule has 5 heteroatoms. The maximum atomic E-state index is 13.6. The number of ether oxygens (including phenoxy) is 1. The summed E-state index contributed by atoms with van der Waals surface area (Å²) in [5.74, 6) is 2.53. The predicted molar refractivity (Wildman–Crippen MR) is 113 cm³/mol. The summed E-state index contributed by atoms with van der Waals surface area (Å²) in [5.41, 5.74) is -0.171. The molecule has 0 aromatic carbocycles. The van der Waals surface area contributed by atoms with Gasteiger partial charge in [0.15, 0.2) is 5.78 Å². The Morgan fingerprint density at radius 1 is 1.17 bits per heavy atom. The maximum Gasteiger partial charge on any atom is 0.162 e. The van der Waals surface area contributed by atoms with E-state index in [-0.39, 0.29) is 41.2 Å². The zero-order valence-corrected chi connectivity index (χ0v) is 18.8. The molecule has 4 nitrogen and oxygen atoms in total. The van der Waals surface area contributed by atoms with Crippen molar-refractivity contribution in [3.63, 3.8) is 0 Å². The second-order valence-corrected chi connectivity index (χ2v) is 11.2. The van der Waals surface area contributed by atoms with Crippen LogP contribution in [0.1, 0.15) is 71.6 Å². The lowest BCUT2D eigenvalue weighted by Crippen LogP contribution is -2.58. The second kappa shape index (κ2) is 8.24. The first-order valence-electron chi connectivity index (χ1n) is 11.7. The summed E-state index contributed by atoms with van der Waals surface area (Å²) in [5, 5.41) is 10.2. The number of halogens is 1. The minimum absolute atomic E-state index is 0.0350. The van der Waals surface area contributed by atoms with Crippen LogP contribution in [-0.4, -0.2) is 41.9 Å². The van der Waals surface area contributed by atoms with Crippen LogP contribution >= 0.6 is 11.6 Å². The molecule has 0 heterocycles. The molecular weight excluding hydrogens is 388 g/mol. The van der Waals surface area contributed by atoms with Gasteiger partial charge in [0.25, 0.3) is 0 Å². The van der Waals surface area contributed by atoms with E-state index >= 15 is 0 Å². The minimum Gasteiger partial charge on any atom is -0.393 e. The molecule has 0 bridgehead atoms.